The highest BCUT2D eigenvalue weighted by Gasteiger charge is 2.16. The van der Waals surface area contributed by atoms with Gasteiger partial charge in [0, 0.05) is 12.1 Å². The highest BCUT2D eigenvalue weighted by atomic mass is 32.1. The highest BCUT2D eigenvalue weighted by molar-refractivity contribution is 7.80. The van der Waals surface area contributed by atoms with Crippen molar-refractivity contribution in [3.63, 3.8) is 0 Å². The number of ether oxygens (including phenoxy) is 2. The number of hydrogen-bond acceptors (Lipinski definition) is 4. The van der Waals surface area contributed by atoms with Crippen molar-refractivity contribution in [1.82, 2.24) is 5.32 Å². The lowest BCUT2D eigenvalue weighted by Crippen LogP contribution is -2.36. The zero-order valence-electron chi connectivity index (χ0n) is 11.9. The van der Waals surface area contributed by atoms with Crippen LogP contribution in [0.1, 0.15) is 26.3 Å². The maximum Gasteiger partial charge on any atom is 0.260 e. The summed E-state index contributed by atoms with van der Waals surface area (Å²) in [5.74, 6) is 0.841. The smallest absolute Gasteiger partial charge is 0.260 e. The normalized spacial score (nSPS) is 11.6. The first-order valence-electron chi connectivity index (χ1n) is 6.50. The Morgan fingerprint density at radius 2 is 2.10 bits per heavy atom. The number of rotatable bonds is 7. The Hall–Kier alpha value is -1.82. The Morgan fingerprint density at radius 3 is 2.65 bits per heavy atom. The van der Waals surface area contributed by atoms with Gasteiger partial charge in [0.1, 0.15) is 4.99 Å². The Bertz CT molecular complexity index is 491. The van der Waals surface area contributed by atoms with Crippen LogP contribution in [0.4, 0.5) is 0 Å². The van der Waals surface area contributed by atoms with Crippen LogP contribution in [0.25, 0.3) is 0 Å². The summed E-state index contributed by atoms with van der Waals surface area (Å²) in [4.78, 5) is 12.0. The molecule has 0 radical (unpaired) electrons. The predicted octanol–water partition coefficient (Wildman–Crippen LogP) is 1.62. The highest BCUT2D eigenvalue weighted by Crippen LogP contribution is 2.29. The molecular formula is C14H20N2O3S. The molecule has 1 aromatic carbocycles. The number of carbonyl (C=O) groups excluding carboxylic acids is 1. The van der Waals surface area contributed by atoms with Crippen LogP contribution in [0.3, 0.4) is 0 Å². The molecule has 0 aliphatic heterocycles. The van der Waals surface area contributed by atoms with Crippen LogP contribution in [-0.2, 0) is 4.79 Å². The van der Waals surface area contributed by atoms with E-state index < -0.39 is 6.10 Å². The van der Waals surface area contributed by atoms with Crippen LogP contribution in [0.5, 0.6) is 11.5 Å². The molecule has 110 valence electrons. The minimum Gasteiger partial charge on any atom is -0.490 e. The number of thiocarbonyl (C=S) groups is 1. The van der Waals surface area contributed by atoms with E-state index in [0.717, 1.165) is 0 Å². The number of nitrogens with two attached hydrogens (primary N) is 1. The van der Waals surface area contributed by atoms with Gasteiger partial charge in [0.15, 0.2) is 17.6 Å². The van der Waals surface area contributed by atoms with Gasteiger partial charge >= 0.3 is 0 Å². The van der Waals surface area contributed by atoms with Crippen LogP contribution in [0.2, 0.25) is 0 Å². The van der Waals surface area contributed by atoms with Gasteiger partial charge in [-0.25, -0.2) is 0 Å². The standard InChI is InChI=1S/C14H20N2O3S/c1-4-16-14(17)9(3)19-11-7-6-10(13(15)20)8-12(11)18-5-2/h6-9H,4-5H2,1-3H3,(H2,15,20)(H,16,17). The molecule has 0 bridgehead atoms. The van der Waals surface area contributed by atoms with Crippen molar-refractivity contribution in [2.45, 2.75) is 26.9 Å². The van der Waals surface area contributed by atoms with Crippen molar-refractivity contribution in [2.75, 3.05) is 13.2 Å². The molecule has 3 N–H and O–H groups in total. The van der Waals surface area contributed by atoms with Crippen LogP contribution < -0.4 is 20.5 Å². The van der Waals surface area contributed by atoms with Gasteiger partial charge in [0.05, 0.1) is 6.61 Å². The number of carbonyl (C=O) groups is 1. The first kappa shape index (κ1) is 16.2. The fourth-order valence-corrected chi connectivity index (χ4v) is 1.72. The summed E-state index contributed by atoms with van der Waals surface area (Å²) >= 11 is 4.93. The van der Waals surface area contributed by atoms with Crippen LogP contribution in [0, 0.1) is 0 Å². The zero-order chi connectivity index (χ0) is 15.1. The summed E-state index contributed by atoms with van der Waals surface area (Å²) in [6.07, 6.45) is -0.607. The maximum absolute atomic E-state index is 11.7. The van der Waals surface area contributed by atoms with E-state index in [1.54, 1.807) is 25.1 Å². The van der Waals surface area contributed by atoms with Crippen LogP contribution in [0.15, 0.2) is 18.2 Å². The molecule has 1 unspecified atom stereocenters. The molecule has 0 aliphatic carbocycles. The van der Waals surface area contributed by atoms with Gasteiger partial charge in [-0.2, -0.15) is 0 Å². The molecule has 0 saturated heterocycles. The van der Waals surface area contributed by atoms with Gasteiger partial charge in [0.25, 0.3) is 5.91 Å². The van der Waals surface area contributed by atoms with Gasteiger partial charge in [-0.1, -0.05) is 12.2 Å². The van der Waals surface area contributed by atoms with Crippen molar-refractivity contribution in [2.24, 2.45) is 5.73 Å². The SMILES string of the molecule is CCNC(=O)C(C)Oc1ccc(C(N)=S)cc1OCC. The van der Waals surface area contributed by atoms with E-state index in [1.807, 2.05) is 13.8 Å². The molecule has 0 saturated carbocycles. The van der Waals surface area contributed by atoms with E-state index in [9.17, 15) is 4.79 Å². The second-order valence-corrected chi connectivity index (χ2v) is 4.55. The van der Waals surface area contributed by atoms with Gasteiger partial charge in [-0.15, -0.1) is 0 Å². The number of likely N-dealkylation sites (N-methyl/N-ethyl adjacent to an activating group) is 1. The summed E-state index contributed by atoms with van der Waals surface area (Å²) in [5, 5.41) is 2.70. The molecule has 0 spiro atoms. The van der Waals surface area contributed by atoms with E-state index in [0.29, 0.717) is 30.2 Å². The van der Waals surface area contributed by atoms with E-state index >= 15 is 0 Å². The molecule has 6 heteroatoms. The summed E-state index contributed by atoms with van der Waals surface area (Å²) in [5.41, 5.74) is 6.28. The summed E-state index contributed by atoms with van der Waals surface area (Å²) in [6.45, 7) is 6.44. The average molecular weight is 296 g/mol. The van der Waals surface area contributed by atoms with Crippen molar-refractivity contribution in [1.29, 1.82) is 0 Å². The molecular weight excluding hydrogens is 276 g/mol. The van der Waals surface area contributed by atoms with Crippen molar-refractivity contribution in [3.05, 3.63) is 23.8 Å². The summed E-state index contributed by atoms with van der Waals surface area (Å²) < 4.78 is 11.1. The van der Waals surface area contributed by atoms with Gasteiger partial charge in [-0.3, -0.25) is 4.79 Å². The van der Waals surface area contributed by atoms with Gasteiger partial charge in [0.2, 0.25) is 0 Å². The molecule has 1 amide bonds. The molecule has 1 aromatic rings. The minimum atomic E-state index is -0.607. The van der Waals surface area contributed by atoms with Crippen molar-refractivity contribution >= 4 is 23.1 Å². The summed E-state index contributed by atoms with van der Waals surface area (Å²) in [6, 6.07) is 5.16. The third-order valence-electron chi connectivity index (χ3n) is 2.55. The molecule has 0 aromatic heterocycles. The monoisotopic (exact) mass is 296 g/mol. The Balaban J connectivity index is 2.93. The van der Waals surface area contributed by atoms with Gasteiger partial charge < -0.3 is 20.5 Å². The molecule has 5 nitrogen and oxygen atoms in total. The van der Waals surface area contributed by atoms with E-state index in [2.05, 4.69) is 5.32 Å². The Labute approximate surface area is 124 Å². The third kappa shape index (κ3) is 4.38. The molecule has 0 aliphatic rings. The van der Waals surface area contributed by atoms with Crippen molar-refractivity contribution in [3.8, 4) is 11.5 Å². The fraction of sp³-hybridized carbons (Fsp3) is 0.429. The Morgan fingerprint density at radius 1 is 1.40 bits per heavy atom. The molecule has 0 heterocycles. The quantitative estimate of drug-likeness (QED) is 0.748. The van der Waals surface area contributed by atoms with Crippen LogP contribution >= 0.6 is 12.2 Å². The average Bonchev–Trinajstić information content (AvgIpc) is 2.40. The lowest BCUT2D eigenvalue weighted by atomic mass is 10.2. The second-order valence-electron chi connectivity index (χ2n) is 4.11. The second kappa shape index (κ2) is 7.69. The van der Waals surface area contributed by atoms with Gasteiger partial charge in [-0.05, 0) is 39.0 Å². The molecule has 1 rings (SSSR count). The molecule has 0 fully saturated rings. The largest absolute Gasteiger partial charge is 0.490 e. The first-order valence-corrected chi connectivity index (χ1v) is 6.91. The number of benzene rings is 1. The first-order chi connectivity index (χ1) is 9.49. The fourth-order valence-electron chi connectivity index (χ4n) is 1.59. The lowest BCUT2D eigenvalue weighted by molar-refractivity contribution is -0.127. The molecule has 20 heavy (non-hydrogen) atoms. The zero-order valence-corrected chi connectivity index (χ0v) is 12.8. The third-order valence-corrected chi connectivity index (χ3v) is 2.79. The number of amides is 1. The van der Waals surface area contributed by atoms with E-state index in [1.165, 1.54) is 0 Å². The topological polar surface area (TPSA) is 73.6 Å². The predicted molar refractivity (Wildman–Crippen MR) is 82.3 cm³/mol. The number of nitrogens with one attached hydrogen (secondary N) is 1. The lowest BCUT2D eigenvalue weighted by Gasteiger charge is -2.17. The number of hydrogen-bond donors (Lipinski definition) is 2. The maximum atomic E-state index is 11.7. The minimum absolute atomic E-state index is 0.173. The Kier molecular flexibility index (Phi) is 6.24. The van der Waals surface area contributed by atoms with E-state index in [-0.39, 0.29) is 10.9 Å². The molecule has 1 atom stereocenters. The van der Waals surface area contributed by atoms with Crippen LogP contribution in [-0.4, -0.2) is 30.2 Å². The van der Waals surface area contributed by atoms with Crippen molar-refractivity contribution < 1.29 is 14.3 Å². The summed E-state index contributed by atoms with van der Waals surface area (Å²) in [7, 11) is 0. The van der Waals surface area contributed by atoms with E-state index in [4.69, 9.17) is 27.4 Å².